The Morgan fingerprint density at radius 1 is 1.17 bits per heavy atom. The molecule has 9 heteroatoms. The quantitative estimate of drug-likeness (QED) is 0.373. The van der Waals surface area contributed by atoms with E-state index >= 15 is 0 Å². The zero-order valence-electron chi connectivity index (χ0n) is 16.0. The minimum atomic E-state index is -0.371. The monoisotopic (exact) mass is 470 g/mol. The van der Waals surface area contributed by atoms with Gasteiger partial charge in [0.1, 0.15) is 15.5 Å². The number of halogens is 2. The van der Waals surface area contributed by atoms with Crippen molar-refractivity contribution in [1.82, 2.24) is 4.98 Å². The molecular formula is C20H20Cl2N2O3S2. The van der Waals surface area contributed by atoms with Gasteiger partial charge in [0.15, 0.2) is 0 Å². The molecule has 0 bridgehead atoms. The van der Waals surface area contributed by atoms with Gasteiger partial charge in [-0.3, -0.25) is 14.5 Å². The van der Waals surface area contributed by atoms with Gasteiger partial charge in [0, 0.05) is 6.42 Å². The van der Waals surface area contributed by atoms with Crippen LogP contribution < -0.4 is 4.90 Å². The van der Waals surface area contributed by atoms with Crippen LogP contribution >= 0.6 is 45.9 Å². The van der Waals surface area contributed by atoms with Crippen LogP contribution in [-0.2, 0) is 27.3 Å². The first-order chi connectivity index (χ1) is 13.9. The lowest BCUT2D eigenvalue weighted by atomic mass is 10.2. The van der Waals surface area contributed by atoms with Gasteiger partial charge in [0.25, 0.3) is 0 Å². The highest BCUT2D eigenvalue weighted by Gasteiger charge is 2.23. The van der Waals surface area contributed by atoms with E-state index < -0.39 is 0 Å². The lowest BCUT2D eigenvalue weighted by Crippen LogP contribution is -2.30. The van der Waals surface area contributed by atoms with E-state index in [-0.39, 0.29) is 24.7 Å². The van der Waals surface area contributed by atoms with Crippen LogP contribution in [0.4, 0.5) is 5.00 Å². The molecular weight excluding hydrogens is 451 g/mol. The first-order valence-electron chi connectivity index (χ1n) is 9.20. The second kappa shape index (κ2) is 9.89. The Labute approximate surface area is 187 Å². The van der Waals surface area contributed by atoms with Crippen molar-refractivity contribution in [2.75, 3.05) is 11.5 Å². The molecule has 1 aromatic carbocycles. The van der Waals surface area contributed by atoms with Crippen molar-refractivity contribution in [1.29, 1.82) is 0 Å². The summed E-state index contributed by atoms with van der Waals surface area (Å²) in [6.07, 6.45) is 0.941. The molecule has 29 heavy (non-hydrogen) atoms. The van der Waals surface area contributed by atoms with Crippen molar-refractivity contribution in [3.05, 3.63) is 44.2 Å². The first kappa shape index (κ1) is 22.0. The zero-order chi connectivity index (χ0) is 21.0. The molecule has 0 atom stereocenters. The molecule has 2 heterocycles. The minimum Gasteiger partial charge on any atom is -0.466 e. The van der Waals surface area contributed by atoms with Crippen LogP contribution in [0, 0.1) is 0 Å². The fourth-order valence-electron chi connectivity index (χ4n) is 2.87. The molecule has 0 saturated carbocycles. The molecule has 0 fully saturated rings. The van der Waals surface area contributed by atoms with Gasteiger partial charge in [0.05, 0.1) is 34.3 Å². The summed E-state index contributed by atoms with van der Waals surface area (Å²) in [5, 5.41) is 4.46. The van der Waals surface area contributed by atoms with E-state index in [2.05, 4.69) is 4.98 Å². The number of thiophene rings is 1. The highest BCUT2D eigenvalue weighted by Crippen LogP contribution is 2.35. The number of nitrogens with zero attached hydrogens (tertiary/aromatic N) is 2. The molecule has 2 aromatic heterocycles. The molecule has 1 amide bonds. The maximum atomic E-state index is 13.0. The second-order valence-electron chi connectivity index (χ2n) is 6.21. The lowest BCUT2D eigenvalue weighted by molar-refractivity contribution is -0.144. The van der Waals surface area contributed by atoms with E-state index in [0.29, 0.717) is 28.7 Å². The summed E-state index contributed by atoms with van der Waals surface area (Å²) in [6, 6.07) is 5.63. The van der Waals surface area contributed by atoms with Crippen LogP contribution in [0.5, 0.6) is 0 Å². The molecule has 5 nitrogen and oxygen atoms in total. The Kier molecular flexibility index (Phi) is 7.51. The van der Waals surface area contributed by atoms with Crippen LogP contribution in [0.1, 0.15) is 37.3 Å². The van der Waals surface area contributed by atoms with Crippen molar-refractivity contribution in [2.24, 2.45) is 0 Å². The number of amides is 1. The fourth-order valence-corrected chi connectivity index (χ4v) is 5.27. The normalized spacial score (nSPS) is 11.0. The van der Waals surface area contributed by atoms with Gasteiger partial charge in [-0.25, -0.2) is 4.98 Å². The Balaban J connectivity index is 1.88. The number of aryl methyl sites for hydroxylation is 1. The van der Waals surface area contributed by atoms with Crippen LogP contribution in [0.15, 0.2) is 23.6 Å². The Bertz CT molecular complexity index is 1030. The molecule has 0 spiro atoms. The van der Waals surface area contributed by atoms with Gasteiger partial charge in [-0.05, 0) is 42.5 Å². The number of carbonyl (C=O) groups is 2. The number of rotatable bonds is 8. The van der Waals surface area contributed by atoms with Crippen LogP contribution in [0.25, 0.3) is 10.2 Å². The van der Waals surface area contributed by atoms with Gasteiger partial charge in [-0.2, -0.15) is 0 Å². The molecule has 3 aromatic rings. The number of esters is 1. The number of hydrogen-bond acceptors (Lipinski definition) is 6. The predicted molar refractivity (Wildman–Crippen MR) is 120 cm³/mol. The van der Waals surface area contributed by atoms with Gasteiger partial charge in [0.2, 0.25) is 5.91 Å². The second-order valence-corrected chi connectivity index (χ2v) is 9.00. The van der Waals surface area contributed by atoms with Gasteiger partial charge in [-0.15, -0.1) is 22.7 Å². The van der Waals surface area contributed by atoms with Crippen molar-refractivity contribution >= 4 is 73.0 Å². The Morgan fingerprint density at radius 3 is 2.69 bits per heavy atom. The number of ether oxygens (including phenoxy) is 1. The summed E-state index contributed by atoms with van der Waals surface area (Å²) in [5.41, 5.74) is 1.72. The largest absolute Gasteiger partial charge is 0.466 e. The lowest BCUT2D eigenvalue weighted by Gasteiger charge is -2.21. The molecule has 3 rings (SSSR count). The van der Waals surface area contributed by atoms with Crippen LogP contribution in [0.2, 0.25) is 10.0 Å². The summed E-state index contributed by atoms with van der Waals surface area (Å²) >= 11 is 15.4. The maximum Gasteiger partial charge on any atom is 0.306 e. The molecule has 0 radical (unpaired) electrons. The smallest absolute Gasteiger partial charge is 0.306 e. The van der Waals surface area contributed by atoms with Crippen molar-refractivity contribution in [2.45, 2.75) is 39.7 Å². The first-order valence-corrected chi connectivity index (χ1v) is 11.7. The van der Waals surface area contributed by atoms with E-state index in [4.69, 9.17) is 27.9 Å². The highest BCUT2D eigenvalue weighted by molar-refractivity contribution is 7.18. The summed E-state index contributed by atoms with van der Waals surface area (Å²) in [6.45, 7) is 4.40. The topological polar surface area (TPSA) is 59.5 Å². The van der Waals surface area contributed by atoms with E-state index in [0.717, 1.165) is 26.7 Å². The summed E-state index contributed by atoms with van der Waals surface area (Å²) < 4.78 is 5.86. The van der Waals surface area contributed by atoms with Crippen molar-refractivity contribution < 1.29 is 14.3 Å². The van der Waals surface area contributed by atoms with E-state index in [9.17, 15) is 9.59 Å². The molecule has 154 valence electrons. The Morgan fingerprint density at radius 2 is 1.97 bits per heavy atom. The van der Waals surface area contributed by atoms with Crippen molar-refractivity contribution in [3.63, 3.8) is 0 Å². The third-order valence-electron chi connectivity index (χ3n) is 4.29. The molecule has 0 unspecified atom stereocenters. The van der Waals surface area contributed by atoms with Crippen LogP contribution in [-0.4, -0.2) is 23.5 Å². The van der Waals surface area contributed by atoms with E-state index in [1.54, 1.807) is 17.9 Å². The zero-order valence-corrected chi connectivity index (χ0v) is 19.2. The summed E-state index contributed by atoms with van der Waals surface area (Å²) in [4.78, 5) is 31.0. The van der Waals surface area contributed by atoms with Crippen LogP contribution in [0.3, 0.4) is 0 Å². The van der Waals surface area contributed by atoms with Gasteiger partial charge in [-0.1, -0.05) is 30.1 Å². The maximum absolute atomic E-state index is 13.0. The number of thiazole rings is 1. The number of anilines is 1. The average molecular weight is 471 g/mol. The average Bonchev–Trinajstić information content (AvgIpc) is 3.34. The summed E-state index contributed by atoms with van der Waals surface area (Å²) in [5.74, 6) is -0.511. The summed E-state index contributed by atoms with van der Waals surface area (Å²) in [7, 11) is 0. The third-order valence-corrected chi connectivity index (χ3v) is 7.07. The number of carbonyl (C=O) groups excluding carboxylic acids is 2. The highest BCUT2D eigenvalue weighted by atomic mass is 35.5. The molecule has 0 aliphatic rings. The minimum absolute atomic E-state index is 0.0529. The SMILES string of the molecule is CCOC(=O)CCC(=O)N(Cc1nc2c(Cl)c(Cl)ccc2s1)c1sccc1CC. The number of aromatic nitrogens is 1. The molecule has 0 saturated heterocycles. The number of fused-ring (bicyclic) bond motifs is 1. The Hall–Kier alpha value is -1.67. The van der Waals surface area contributed by atoms with Gasteiger partial charge >= 0.3 is 5.97 Å². The number of benzene rings is 1. The third kappa shape index (κ3) is 5.09. The van der Waals surface area contributed by atoms with Gasteiger partial charge < -0.3 is 4.74 Å². The predicted octanol–water partition coefficient (Wildman–Crippen LogP) is 6.10. The molecule has 0 aliphatic carbocycles. The van der Waals surface area contributed by atoms with E-state index in [1.165, 1.54) is 22.7 Å². The van der Waals surface area contributed by atoms with E-state index in [1.807, 2.05) is 24.4 Å². The standard InChI is InChI=1S/C20H20Cl2N2O3S2/c1-3-12-9-10-28-20(12)24(16(25)7-8-17(26)27-4-2)11-15-23-19-14(29-15)6-5-13(21)18(19)22/h5-6,9-10H,3-4,7-8,11H2,1-2H3. The molecule has 0 N–H and O–H groups in total. The molecule has 0 aliphatic heterocycles. The van der Waals surface area contributed by atoms with Crippen molar-refractivity contribution in [3.8, 4) is 0 Å². The number of hydrogen-bond donors (Lipinski definition) is 0. The fraction of sp³-hybridized carbons (Fsp3) is 0.350.